The Morgan fingerprint density at radius 3 is 2.62 bits per heavy atom. The fourth-order valence-electron chi connectivity index (χ4n) is 4.33. The van der Waals surface area contributed by atoms with Gasteiger partial charge < -0.3 is 15.5 Å². The molecule has 2 N–H and O–H groups in total. The SMILES string of the molecule is C[C@@H]1CCN(C(=O)CNC(=O)NCc2ccc(F)cc2)[C@@H]2CCCC[C@H]12. The lowest BCUT2D eigenvalue weighted by molar-refractivity contribution is -0.137. The molecule has 1 aliphatic carbocycles. The van der Waals surface area contributed by atoms with Crippen LogP contribution in [0.15, 0.2) is 24.3 Å². The maximum Gasteiger partial charge on any atom is 0.315 e. The Morgan fingerprint density at radius 1 is 1.12 bits per heavy atom. The number of urea groups is 1. The Kier molecular flexibility index (Phi) is 6.12. The van der Waals surface area contributed by atoms with Crippen molar-refractivity contribution in [1.29, 1.82) is 0 Å². The third-order valence-electron chi connectivity index (χ3n) is 5.82. The first-order valence-corrected chi connectivity index (χ1v) is 9.60. The van der Waals surface area contributed by atoms with Gasteiger partial charge in [0.15, 0.2) is 0 Å². The number of hydrogen-bond acceptors (Lipinski definition) is 2. The molecule has 0 unspecified atom stereocenters. The van der Waals surface area contributed by atoms with E-state index < -0.39 is 0 Å². The Morgan fingerprint density at radius 2 is 1.85 bits per heavy atom. The van der Waals surface area contributed by atoms with Gasteiger partial charge in [-0.3, -0.25) is 4.79 Å². The molecular weight excluding hydrogens is 333 g/mol. The number of piperidine rings is 1. The topological polar surface area (TPSA) is 61.4 Å². The molecule has 1 aromatic rings. The van der Waals surface area contributed by atoms with Crippen molar-refractivity contribution in [3.63, 3.8) is 0 Å². The average molecular weight is 361 g/mol. The number of nitrogens with zero attached hydrogens (tertiary/aromatic N) is 1. The summed E-state index contributed by atoms with van der Waals surface area (Å²) in [4.78, 5) is 26.5. The lowest BCUT2D eigenvalue weighted by Crippen LogP contribution is -2.55. The monoisotopic (exact) mass is 361 g/mol. The quantitative estimate of drug-likeness (QED) is 0.866. The lowest BCUT2D eigenvalue weighted by atomic mass is 9.72. The van der Waals surface area contributed by atoms with E-state index in [0.29, 0.717) is 24.4 Å². The van der Waals surface area contributed by atoms with Gasteiger partial charge in [-0.1, -0.05) is 31.9 Å². The van der Waals surface area contributed by atoms with Crippen LogP contribution in [0.25, 0.3) is 0 Å². The van der Waals surface area contributed by atoms with Gasteiger partial charge >= 0.3 is 6.03 Å². The van der Waals surface area contributed by atoms with E-state index in [1.807, 2.05) is 4.90 Å². The zero-order valence-corrected chi connectivity index (χ0v) is 15.3. The Balaban J connectivity index is 1.45. The van der Waals surface area contributed by atoms with E-state index in [0.717, 1.165) is 24.9 Å². The van der Waals surface area contributed by atoms with Gasteiger partial charge in [-0.2, -0.15) is 0 Å². The average Bonchev–Trinajstić information content (AvgIpc) is 2.66. The summed E-state index contributed by atoms with van der Waals surface area (Å²) in [5.41, 5.74) is 0.808. The van der Waals surface area contributed by atoms with E-state index in [4.69, 9.17) is 0 Å². The van der Waals surface area contributed by atoms with Crippen molar-refractivity contribution in [3.05, 3.63) is 35.6 Å². The number of hydrogen-bond donors (Lipinski definition) is 2. The molecule has 1 aliphatic heterocycles. The molecule has 2 aliphatic rings. The van der Waals surface area contributed by atoms with Gasteiger partial charge in [-0.15, -0.1) is 0 Å². The number of amides is 3. The molecule has 1 aromatic carbocycles. The Labute approximate surface area is 154 Å². The highest BCUT2D eigenvalue weighted by Gasteiger charge is 2.39. The summed E-state index contributed by atoms with van der Waals surface area (Å²) in [6.07, 6.45) is 5.78. The number of fused-ring (bicyclic) bond motifs is 1. The second-order valence-corrected chi connectivity index (χ2v) is 7.53. The zero-order valence-electron chi connectivity index (χ0n) is 15.3. The third-order valence-corrected chi connectivity index (χ3v) is 5.82. The fraction of sp³-hybridized carbons (Fsp3) is 0.600. The Hall–Kier alpha value is -2.11. The zero-order chi connectivity index (χ0) is 18.5. The maximum absolute atomic E-state index is 12.9. The smallest absolute Gasteiger partial charge is 0.315 e. The van der Waals surface area contributed by atoms with E-state index in [1.165, 1.54) is 31.4 Å². The van der Waals surface area contributed by atoms with Crippen molar-refractivity contribution in [2.75, 3.05) is 13.1 Å². The van der Waals surface area contributed by atoms with E-state index in [2.05, 4.69) is 17.6 Å². The molecule has 1 saturated heterocycles. The summed E-state index contributed by atoms with van der Waals surface area (Å²) in [7, 11) is 0. The molecule has 26 heavy (non-hydrogen) atoms. The van der Waals surface area contributed by atoms with Gasteiger partial charge in [0.2, 0.25) is 5.91 Å². The molecule has 0 spiro atoms. The minimum absolute atomic E-state index is 0.00531. The van der Waals surface area contributed by atoms with Crippen LogP contribution in [0.5, 0.6) is 0 Å². The number of nitrogens with one attached hydrogen (secondary N) is 2. The third kappa shape index (κ3) is 4.54. The first-order valence-electron chi connectivity index (χ1n) is 9.60. The van der Waals surface area contributed by atoms with Gasteiger partial charge in [0, 0.05) is 19.1 Å². The van der Waals surface area contributed by atoms with Gasteiger partial charge in [0.25, 0.3) is 0 Å². The molecule has 3 rings (SSSR count). The van der Waals surface area contributed by atoms with Crippen LogP contribution in [0, 0.1) is 17.7 Å². The summed E-state index contributed by atoms with van der Waals surface area (Å²) in [6, 6.07) is 5.92. The summed E-state index contributed by atoms with van der Waals surface area (Å²) in [5.74, 6) is 0.983. The molecule has 3 atom stereocenters. The van der Waals surface area contributed by atoms with Crippen molar-refractivity contribution < 1.29 is 14.0 Å². The normalized spacial score (nSPS) is 25.3. The summed E-state index contributed by atoms with van der Waals surface area (Å²) in [5, 5.41) is 5.35. The molecule has 0 radical (unpaired) electrons. The van der Waals surface area contributed by atoms with Crippen molar-refractivity contribution in [1.82, 2.24) is 15.5 Å². The first-order chi connectivity index (χ1) is 12.5. The van der Waals surface area contributed by atoms with Crippen LogP contribution >= 0.6 is 0 Å². The van der Waals surface area contributed by atoms with Crippen LogP contribution in [-0.2, 0) is 11.3 Å². The number of carbonyl (C=O) groups is 2. The van der Waals surface area contributed by atoms with E-state index in [1.54, 1.807) is 12.1 Å². The summed E-state index contributed by atoms with van der Waals surface area (Å²) >= 11 is 0. The van der Waals surface area contributed by atoms with E-state index in [-0.39, 0.29) is 24.3 Å². The van der Waals surface area contributed by atoms with Crippen LogP contribution in [-0.4, -0.2) is 36.0 Å². The molecule has 2 fully saturated rings. The molecule has 0 bridgehead atoms. The van der Waals surface area contributed by atoms with Crippen LogP contribution in [0.2, 0.25) is 0 Å². The number of benzene rings is 1. The van der Waals surface area contributed by atoms with E-state index >= 15 is 0 Å². The standard InChI is InChI=1S/C20H28FN3O2/c1-14-10-11-24(18-5-3-2-4-17(14)18)19(25)13-23-20(26)22-12-15-6-8-16(21)9-7-15/h6-9,14,17-18H,2-5,10-13H2,1H3,(H2,22,23,26)/t14-,17-,18-/m1/s1. The number of likely N-dealkylation sites (tertiary alicyclic amines) is 1. The summed E-state index contributed by atoms with van der Waals surface area (Å²) in [6.45, 7) is 3.41. The second-order valence-electron chi connectivity index (χ2n) is 7.53. The predicted molar refractivity (Wildman–Crippen MR) is 97.9 cm³/mol. The van der Waals surface area contributed by atoms with Crippen molar-refractivity contribution in [2.24, 2.45) is 11.8 Å². The maximum atomic E-state index is 12.9. The molecular formula is C20H28FN3O2. The lowest BCUT2D eigenvalue weighted by Gasteiger charge is -2.47. The highest BCUT2D eigenvalue weighted by Crippen LogP contribution is 2.38. The molecule has 142 valence electrons. The van der Waals surface area contributed by atoms with Crippen molar-refractivity contribution in [2.45, 2.75) is 51.6 Å². The highest BCUT2D eigenvalue weighted by molar-refractivity contribution is 5.84. The molecule has 5 nitrogen and oxygen atoms in total. The minimum atomic E-state index is -0.381. The largest absolute Gasteiger partial charge is 0.338 e. The fourth-order valence-corrected chi connectivity index (χ4v) is 4.33. The van der Waals surface area contributed by atoms with Gasteiger partial charge in [-0.25, -0.2) is 9.18 Å². The number of rotatable bonds is 4. The van der Waals surface area contributed by atoms with Crippen molar-refractivity contribution in [3.8, 4) is 0 Å². The van der Waals surface area contributed by atoms with Crippen LogP contribution < -0.4 is 10.6 Å². The summed E-state index contributed by atoms with van der Waals surface area (Å²) < 4.78 is 12.9. The van der Waals surface area contributed by atoms with Crippen molar-refractivity contribution >= 4 is 11.9 Å². The van der Waals surface area contributed by atoms with Gasteiger partial charge in [0.05, 0.1) is 6.54 Å². The second kappa shape index (κ2) is 8.52. The van der Waals surface area contributed by atoms with Gasteiger partial charge in [0.1, 0.15) is 5.82 Å². The minimum Gasteiger partial charge on any atom is -0.338 e. The molecule has 6 heteroatoms. The van der Waals surface area contributed by atoms with Crippen LogP contribution in [0.1, 0.15) is 44.6 Å². The number of carbonyl (C=O) groups excluding carboxylic acids is 2. The van der Waals surface area contributed by atoms with Crippen LogP contribution in [0.3, 0.4) is 0 Å². The molecule has 1 saturated carbocycles. The molecule has 0 aromatic heterocycles. The van der Waals surface area contributed by atoms with Crippen LogP contribution in [0.4, 0.5) is 9.18 Å². The first kappa shape index (κ1) is 18.7. The van der Waals surface area contributed by atoms with E-state index in [9.17, 15) is 14.0 Å². The molecule has 3 amide bonds. The number of halogens is 1. The highest BCUT2D eigenvalue weighted by atomic mass is 19.1. The Bertz CT molecular complexity index is 634. The molecule has 1 heterocycles. The predicted octanol–water partition coefficient (Wildman–Crippen LogP) is 3.05. The van der Waals surface area contributed by atoms with Gasteiger partial charge in [-0.05, 0) is 48.8 Å².